The van der Waals surface area contributed by atoms with Crippen molar-refractivity contribution < 1.29 is 4.79 Å². The van der Waals surface area contributed by atoms with Gasteiger partial charge in [0.1, 0.15) is 11.6 Å². The van der Waals surface area contributed by atoms with Crippen LogP contribution in [0, 0.1) is 0 Å². The molecule has 2 aromatic heterocycles. The van der Waals surface area contributed by atoms with Gasteiger partial charge in [0.15, 0.2) is 0 Å². The summed E-state index contributed by atoms with van der Waals surface area (Å²) in [5.74, 6) is 1.97. The minimum absolute atomic E-state index is 0.0763. The van der Waals surface area contributed by atoms with E-state index in [1.165, 1.54) is 19.3 Å². The molecule has 1 aliphatic rings. The normalized spacial score (nSPS) is 13.8. The lowest BCUT2D eigenvalue weighted by atomic mass is 10.2. The molecular weight excluding hydrogens is 328 g/mol. The van der Waals surface area contributed by atoms with E-state index in [0.29, 0.717) is 18.5 Å². The van der Waals surface area contributed by atoms with Crippen LogP contribution in [-0.4, -0.2) is 37.0 Å². The van der Waals surface area contributed by atoms with Crippen molar-refractivity contribution in [1.29, 1.82) is 0 Å². The molecule has 0 fully saturated rings. The maximum Gasteiger partial charge on any atom is 0.251 e. The molecule has 3 heterocycles. The second kappa shape index (κ2) is 7.51. The molecule has 0 saturated carbocycles. The summed E-state index contributed by atoms with van der Waals surface area (Å²) >= 11 is 0. The fourth-order valence-electron chi connectivity index (χ4n) is 3.31. The van der Waals surface area contributed by atoms with Crippen molar-refractivity contribution in [2.75, 3.05) is 6.54 Å². The molecule has 1 aliphatic heterocycles. The Bertz CT molecular complexity index is 866. The van der Waals surface area contributed by atoms with E-state index < -0.39 is 0 Å². The number of fused-ring (bicyclic) bond motifs is 1. The number of carbonyl (C=O) groups excluding carboxylic acids is 1. The van der Waals surface area contributed by atoms with Gasteiger partial charge in [0.25, 0.3) is 5.91 Å². The SMILES string of the molecule is O=C(NCCc1nnc2n1CCCCC2)c1ccc(-n2cccn2)cc1. The molecule has 7 heteroatoms. The van der Waals surface area contributed by atoms with Gasteiger partial charge in [-0.15, -0.1) is 10.2 Å². The summed E-state index contributed by atoms with van der Waals surface area (Å²) in [4.78, 5) is 12.3. The molecule has 134 valence electrons. The lowest BCUT2D eigenvalue weighted by molar-refractivity contribution is 0.0954. The molecule has 0 atom stereocenters. The minimum Gasteiger partial charge on any atom is -0.352 e. The monoisotopic (exact) mass is 350 g/mol. The number of nitrogens with zero attached hydrogens (tertiary/aromatic N) is 5. The van der Waals surface area contributed by atoms with Crippen molar-refractivity contribution in [3.63, 3.8) is 0 Å². The number of hydrogen-bond acceptors (Lipinski definition) is 4. The van der Waals surface area contributed by atoms with E-state index in [4.69, 9.17) is 0 Å². The van der Waals surface area contributed by atoms with E-state index in [9.17, 15) is 4.79 Å². The van der Waals surface area contributed by atoms with E-state index in [0.717, 1.165) is 30.3 Å². The third-order valence-electron chi connectivity index (χ3n) is 4.72. The first-order valence-electron chi connectivity index (χ1n) is 9.10. The maximum absolute atomic E-state index is 12.3. The summed E-state index contributed by atoms with van der Waals surface area (Å²) in [5, 5.41) is 15.8. The van der Waals surface area contributed by atoms with Crippen LogP contribution in [0.4, 0.5) is 0 Å². The lowest BCUT2D eigenvalue weighted by Gasteiger charge is -2.08. The summed E-state index contributed by atoms with van der Waals surface area (Å²) in [7, 11) is 0. The van der Waals surface area contributed by atoms with Crippen LogP contribution < -0.4 is 5.32 Å². The number of aryl methyl sites for hydroxylation is 1. The van der Waals surface area contributed by atoms with Crippen LogP contribution in [0.2, 0.25) is 0 Å². The Morgan fingerprint density at radius 3 is 2.81 bits per heavy atom. The first-order chi connectivity index (χ1) is 12.8. The average Bonchev–Trinajstić information content (AvgIpc) is 3.27. The quantitative estimate of drug-likeness (QED) is 0.765. The first kappa shape index (κ1) is 16.5. The summed E-state index contributed by atoms with van der Waals surface area (Å²) in [5.41, 5.74) is 1.57. The molecule has 0 unspecified atom stereocenters. The van der Waals surface area contributed by atoms with Gasteiger partial charge in [-0.1, -0.05) is 6.42 Å². The second-order valence-electron chi connectivity index (χ2n) is 6.50. The maximum atomic E-state index is 12.3. The number of aromatic nitrogens is 5. The predicted molar refractivity (Wildman–Crippen MR) is 97.2 cm³/mol. The van der Waals surface area contributed by atoms with Crippen LogP contribution in [0.3, 0.4) is 0 Å². The molecule has 3 aromatic rings. The lowest BCUT2D eigenvalue weighted by Crippen LogP contribution is -2.26. The third kappa shape index (κ3) is 3.51. The van der Waals surface area contributed by atoms with E-state index in [1.54, 1.807) is 10.9 Å². The van der Waals surface area contributed by atoms with Gasteiger partial charge in [0, 0.05) is 43.9 Å². The number of nitrogens with one attached hydrogen (secondary N) is 1. The molecule has 0 bridgehead atoms. The highest BCUT2D eigenvalue weighted by Gasteiger charge is 2.14. The van der Waals surface area contributed by atoms with Crippen LogP contribution in [0.25, 0.3) is 5.69 Å². The number of amides is 1. The molecule has 4 rings (SSSR count). The van der Waals surface area contributed by atoms with Gasteiger partial charge in [-0.25, -0.2) is 4.68 Å². The Morgan fingerprint density at radius 2 is 2.00 bits per heavy atom. The van der Waals surface area contributed by atoms with Gasteiger partial charge >= 0.3 is 0 Å². The largest absolute Gasteiger partial charge is 0.352 e. The summed E-state index contributed by atoms with van der Waals surface area (Å²) in [6.07, 6.45) is 8.90. The van der Waals surface area contributed by atoms with Crippen LogP contribution in [0.5, 0.6) is 0 Å². The molecule has 7 nitrogen and oxygen atoms in total. The topological polar surface area (TPSA) is 77.6 Å². The van der Waals surface area contributed by atoms with Gasteiger partial charge in [0.2, 0.25) is 0 Å². The van der Waals surface area contributed by atoms with Crippen molar-refractivity contribution in [3.05, 3.63) is 59.9 Å². The Labute approximate surface area is 152 Å². The molecular formula is C19H22N6O. The molecule has 0 radical (unpaired) electrons. The Hall–Kier alpha value is -2.96. The van der Waals surface area contributed by atoms with Crippen molar-refractivity contribution in [3.8, 4) is 5.69 Å². The van der Waals surface area contributed by atoms with E-state index in [1.807, 2.05) is 36.5 Å². The number of hydrogen-bond donors (Lipinski definition) is 1. The van der Waals surface area contributed by atoms with Crippen molar-refractivity contribution in [1.82, 2.24) is 29.9 Å². The smallest absolute Gasteiger partial charge is 0.251 e. The van der Waals surface area contributed by atoms with Gasteiger partial charge in [-0.05, 0) is 43.2 Å². The summed E-state index contributed by atoms with van der Waals surface area (Å²) in [6, 6.07) is 9.28. The van der Waals surface area contributed by atoms with Crippen molar-refractivity contribution in [2.24, 2.45) is 0 Å². The van der Waals surface area contributed by atoms with Crippen molar-refractivity contribution in [2.45, 2.75) is 38.6 Å². The van der Waals surface area contributed by atoms with Crippen LogP contribution in [0.1, 0.15) is 41.3 Å². The predicted octanol–water partition coefficient (Wildman–Crippen LogP) is 2.16. The summed E-state index contributed by atoms with van der Waals surface area (Å²) < 4.78 is 3.98. The number of rotatable bonds is 5. The van der Waals surface area contributed by atoms with E-state index in [2.05, 4.69) is 25.2 Å². The van der Waals surface area contributed by atoms with E-state index >= 15 is 0 Å². The Kier molecular flexibility index (Phi) is 4.77. The van der Waals surface area contributed by atoms with Crippen LogP contribution in [-0.2, 0) is 19.4 Å². The third-order valence-corrected chi connectivity index (χ3v) is 4.72. The molecule has 0 aliphatic carbocycles. The zero-order valence-corrected chi connectivity index (χ0v) is 14.6. The van der Waals surface area contributed by atoms with Crippen molar-refractivity contribution >= 4 is 5.91 Å². The highest BCUT2D eigenvalue weighted by atomic mass is 16.1. The van der Waals surface area contributed by atoms with Gasteiger partial charge in [-0.2, -0.15) is 5.10 Å². The van der Waals surface area contributed by atoms with E-state index in [-0.39, 0.29) is 5.91 Å². The molecule has 0 saturated heterocycles. The van der Waals surface area contributed by atoms with Crippen LogP contribution >= 0.6 is 0 Å². The summed E-state index contributed by atoms with van der Waals surface area (Å²) in [6.45, 7) is 1.54. The fourth-order valence-corrected chi connectivity index (χ4v) is 3.31. The molecule has 0 spiro atoms. The first-order valence-corrected chi connectivity index (χ1v) is 9.10. The standard InChI is InChI=1S/C19H22N6O/c26-19(15-6-8-16(9-7-15)25-14-4-11-21-25)20-12-10-18-23-22-17-5-2-1-3-13-24(17)18/h4,6-9,11,14H,1-3,5,10,12-13H2,(H,20,26). The molecule has 1 aromatic carbocycles. The zero-order chi connectivity index (χ0) is 17.8. The fraction of sp³-hybridized carbons (Fsp3) is 0.368. The van der Waals surface area contributed by atoms with Crippen LogP contribution in [0.15, 0.2) is 42.7 Å². The second-order valence-corrected chi connectivity index (χ2v) is 6.50. The highest BCUT2D eigenvalue weighted by molar-refractivity contribution is 5.94. The number of carbonyl (C=O) groups is 1. The average molecular weight is 350 g/mol. The zero-order valence-electron chi connectivity index (χ0n) is 14.6. The number of benzene rings is 1. The highest BCUT2D eigenvalue weighted by Crippen LogP contribution is 2.14. The van der Waals surface area contributed by atoms with Gasteiger partial charge in [-0.3, -0.25) is 4.79 Å². The molecule has 1 N–H and O–H groups in total. The Morgan fingerprint density at radius 1 is 1.12 bits per heavy atom. The Balaban J connectivity index is 1.34. The molecule has 1 amide bonds. The molecule has 26 heavy (non-hydrogen) atoms. The van der Waals surface area contributed by atoms with Gasteiger partial charge < -0.3 is 9.88 Å². The minimum atomic E-state index is -0.0763. The van der Waals surface area contributed by atoms with Gasteiger partial charge in [0.05, 0.1) is 5.69 Å².